The molecule has 0 bridgehead atoms. The lowest BCUT2D eigenvalue weighted by Crippen LogP contribution is -2.54. The van der Waals surface area contributed by atoms with Crippen molar-refractivity contribution in [3.63, 3.8) is 0 Å². The van der Waals surface area contributed by atoms with Gasteiger partial charge in [-0.2, -0.15) is 13.2 Å². The Balaban J connectivity index is 1.57. The maximum Gasteiger partial charge on any atom is 0.416 e. The van der Waals surface area contributed by atoms with Crippen LogP contribution in [-0.2, 0) is 22.3 Å². The predicted molar refractivity (Wildman–Crippen MR) is 146 cm³/mol. The van der Waals surface area contributed by atoms with Crippen LogP contribution in [0.2, 0.25) is 0 Å². The first-order chi connectivity index (χ1) is 19.1. The Morgan fingerprint density at radius 3 is 2.25 bits per heavy atom. The number of hydrogen-bond donors (Lipinski definition) is 1. The number of halogens is 3. The summed E-state index contributed by atoms with van der Waals surface area (Å²) < 4.78 is 38.7. The number of aromatic nitrogens is 1. The lowest BCUT2D eigenvalue weighted by Gasteiger charge is -2.36. The van der Waals surface area contributed by atoms with E-state index in [4.69, 9.17) is 0 Å². The van der Waals surface area contributed by atoms with Gasteiger partial charge in [0.2, 0.25) is 5.91 Å². The van der Waals surface area contributed by atoms with Gasteiger partial charge in [0, 0.05) is 57.1 Å². The van der Waals surface area contributed by atoms with Gasteiger partial charge < -0.3 is 14.9 Å². The number of amides is 1. The average Bonchev–Trinajstić information content (AvgIpc) is 2.95. The van der Waals surface area contributed by atoms with Crippen LogP contribution in [-0.4, -0.2) is 82.5 Å². The number of hydrogen-bond acceptors (Lipinski definition) is 5. The van der Waals surface area contributed by atoms with E-state index in [2.05, 4.69) is 9.88 Å². The fraction of sp³-hybridized carbons (Fsp3) is 0.300. The number of aliphatic carboxylic acids is 1. The quantitative estimate of drug-likeness (QED) is 0.394. The van der Waals surface area contributed by atoms with Crippen molar-refractivity contribution >= 4 is 18.0 Å². The maximum atomic E-state index is 13.4. The van der Waals surface area contributed by atoms with Gasteiger partial charge in [-0.25, -0.2) is 4.79 Å². The number of pyridine rings is 1. The summed E-state index contributed by atoms with van der Waals surface area (Å²) in [6.07, 6.45) is -0.152. The van der Waals surface area contributed by atoms with Crippen LogP contribution in [0.3, 0.4) is 0 Å². The van der Waals surface area contributed by atoms with Crippen molar-refractivity contribution in [2.75, 3.05) is 39.8 Å². The predicted octanol–water partition coefficient (Wildman–Crippen LogP) is 4.51. The van der Waals surface area contributed by atoms with Gasteiger partial charge in [-0.15, -0.1) is 0 Å². The molecule has 1 saturated heterocycles. The first-order valence-corrected chi connectivity index (χ1v) is 12.9. The number of alkyl halides is 3. The normalized spacial score (nSPS) is 15.7. The van der Waals surface area contributed by atoms with E-state index in [0.29, 0.717) is 18.7 Å². The molecule has 1 atom stereocenters. The van der Waals surface area contributed by atoms with Crippen molar-refractivity contribution in [3.05, 3.63) is 95.7 Å². The summed E-state index contributed by atoms with van der Waals surface area (Å²) in [6, 6.07) is 16.3. The summed E-state index contributed by atoms with van der Waals surface area (Å²) in [4.78, 5) is 35.7. The standard InChI is InChI=1S/C30H31F3N4O3/c1-35-16-18-36(19-17-35)21-27(29(39)40)37(20-23-5-10-24(11-6-23)26-4-2-3-15-34-26)28(38)14-9-22-7-12-25(13-8-22)30(31,32)33/h2-15,27H,16-21H2,1H3,(H,39,40)/b14-9+. The van der Waals surface area contributed by atoms with E-state index in [1.165, 1.54) is 29.2 Å². The zero-order valence-electron chi connectivity index (χ0n) is 22.1. The van der Waals surface area contributed by atoms with Gasteiger partial charge in [0.25, 0.3) is 0 Å². The monoisotopic (exact) mass is 552 g/mol. The van der Waals surface area contributed by atoms with Crippen LogP contribution in [0.15, 0.2) is 79.0 Å². The Kier molecular flexibility index (Phi) is 9.34. The summed E-state index contributed by atoms with van der Waals surface area (Å²) >= 11 is 0. The largest absolute Gasteiger partial charge is 0.480 e. The van der Waals surface area contributed by atoms with Gasteiger partial charge in [0.05, 0.1) is 11.3 Å². The molecule has 1 N–H and O–H groups in total. The highest BCUT2D eigenvalue weighted by Crippen LogP contribution is 2.29. The van der Waals surface area contributed by atoms with Gasteiger partial charge in [-0.1, -0.05) is 42.5 Å². The number of piperazine rings is 1. The minimum atomic E-state index is -4.46. The number of benzene rings is 2. The number of carboxylic acids is 1. The van der Waals surface area contributed by atoms with Gasteiger partial charge in [-0.05, 0) is 48.5 Å². The molecule has 2 aromatic carbocycles. The second kappa shape index (κ2) is 12.9. The number of likely N-dealkylation sites (N-methyl/N-ethyl adjacent to an activating group) is 1. The van der Waals surface area contributed by atoms with E-state index in [0.717, 1.165) is 42.0 Å². The third-order valence-corrected chi connectivity index (χ3v) is 6.90. The Hall–Kier alpha value is -4.02. The lowest BCUT2D eigenvalue weighted by atomic mass is 10.1. The van der Waals surface area contributed by atoms with Crippen LogP contribution in [0, 0.1) is 0 Å². The molecule has 1 aliphatic rings. The summed E-state index contributed by atoms with van der Waals surface area (Å²) in [6.45, 7) is 3.16. The Labute approximate surface area is 231 Å². The zero-order valence-corrected chi connectivity index (χ0v) is 22.1. The van der Waals surface area contributed by atoms with Crippen molar-refractivity contribution < 1.29 is 27.9 Å². The zero-order chi connectivity index (χ0) is 28.7. The molecule has 4 rings (SSSR count). The molecule has 0 spiro atoms. The molecule has 0 saturated carbocycles. The molecule has 0 aliphatic carbocycles. The molecule has 2 heterocycles. The van der Waals surface area contributed by atoms with Crippen LogP contribution in [0.4, 0.5) is 13.2 Å². The molecule has 0 radical (unpaired) electrons. The molecular formula is C30H31F3N4O3. The number of carboxylic acid groups (broad SMARTS) is 1. The highest BCUT2D eigenvalue weighted by Gasteiger charge is 2.32. The molecule has 1 aliphatic heterocycles. The van der Waals surface area contributed by atoms with Gasteiger partial charge in [-0.3, -0.25) is 14.7 Å². The maximum absolute atomic E-state index is 13.4. The van der Waals surface area contributed by atoms with E-state index in [1.807, 2.05) is 54.4 Å². The highest BCUT2D eigenvalue weighted by atomic mass is 19.4. The van der Waals surface area contributed by atoms with Crippen molar-refractivity contribution in [2.24, 2.45) is 0 Å². The second-order valence-corrected chi connectivity index (χ2v) is 9.79. The Morgan fingerprint density at radius 1 is 1.00 bits per heavy atom. The van der Waals surface area contributed by atoms with E-state index in [1.54, 1.807) is 6.20 Å². The average molecular weight is 553 g/mol. The Bertz CT molecular complexity index is 1300. The smallest absolute Gasteiger partial charge is 0.416 e. The van der Waals surface area contributed by atoms with Crippen molar-refractivity contribution in [2.45, 2.75) is 18.8 Å². The second-order valence-electron chi connectivity index (χ2n) is 9.79. The van der Waals surface area contributed by atoms with Gasteiger partial charge >= 0.3 is 12.1 Å². The molecule has 1 aromatic heterocycles. The van der Waals surface area contributed by atoms with E-state index < -0.39 is 29.7 Å². The number of rotatable bonds is 9. The SMILES string of the molecule is CN1CCN(CC(C(=O)O)N(Cc2ccc(-c3ccccn3)cc2)C(=O)/C=C/c2ccc(C(F)(F)F)cc2)CC1. The number of carbonyl (C=O) groups is 2. The number of nitrogens with zero attached hydrogens (tertiary/aromatic N) is 4. The van der Waals surface area contributed by atoms with Gasteiger partial charge in [0.15, 0.2) is 0 Å². The lowest BCUT2D eigenvalue weighted by molar-refractivity contribution is -0.150. The molecule has 1 fully saturated rings. The van der Waals surface area contributed by atoms with Gasteiger partial charge in [0.1, 0.15) is 6.04 Å². The fourth-order valence-electron chi connectivity index (χ4n) is 4.48. The summed E-state index contributed by atoms with van der Waals surface area (Å²) in [5, 5.41) is 10.2. The van der Waals surface area contributed by atoms with Crippen molar-refractivity contribution in [1.82, 2.24) is 19.7 Å². The topological polar surface area (TPSA) is 77.0 Å². The van der Waals surface area contributed by atoms with Crippen LogP contribution < -0.4 is 0 Å². The summed E-state index contributed by atoms with van der Waals surface area (Å²) in [7, 11) is 2.00. The third kappa shape index (κ3) is 7.77. The van der Waals surface area contributed by atoms with Crippen LogP contribution in [0.1, 0.15) is 16.7 Å². The van der Waals surface area contributed by atoms with Crippen molar-refractivity contribution in [1.29, 1.82) is 0 Å². The molecule has 40 heavy (non-hydrogen) atoms. The van der Waals surface area contributed by atoms with E-state index in [-0.39, 0.29) is 13.1 Å². The highest BCUT2D eigenvalue weighted by molar-refractivity contribution is 5.94. The summed E-state index contributed by atoms with van der Waals surface area (Å²) in [5.41, 5.74) is 2.02. The first kappa shape index (κ1) is 29.0. The minimum absolute atomic E-state index is 0.0450. The van der Waals surface area contributed by atoms with Crippen LogP contribution in [0.25, 0.3) is 17.3 Å². The van der Waals surface area contributed by atoms with Crippen LogP contribution in [0.5, 0.6) is 0 Å². The molecule has 1 unspecified atom stereocenters. The molecule has 10 heteroatoms. The molecular weight excluding hydrogens is 521 g/mol. The molecule has 3 aromatic rings. The van der Waals surface area contributed by atoms with Crippen LogP contribution >= 0.6 is 0 Å². The van der Waals surface area contributed by atoms with Crippen molar-refractivity contribution in [3.8, 4) is 11.3 Å². The molecule has 1 amide bonds. The van der Waals surface area contributed by atoms with E-state index in [9.17, 15) is 27.9 Å². The summed E-state index contributed by atoms with van der Waals surface area (Å²) in [5.74, 6) is -1.67. The third-order valence-electron chi connectivity index (χ3n) is 6.90. The number of carbonyl (C=O) groups excluding carboxylic acids is 1. The first-order valence-electron chi connectivity index (χ1n) is 12.9. The van der Waals surface area contributed by atoms with E-state index >= 15 is 0 Å². The molecule has 7 nitrogen and oxygen atoms in total. The minimum Gasteiger partial charge on any atom is -0.480 e. The Morgan fingerprint density at radius 2 is 1.68 bits per heavy atom. The fourth-order valence-corrected chi connectivity index (χ4v) is 4.48. The molecule has 210 valence electrons.